The third-order valence-electron chi connectivity index (χ3n) is 2.61. The first kappa shape index (κ1) is 13.3. The Bertz CT molecular complexity index is 461. The highest BCUT2D eigenvalue weighted by Gasteiger charge is 2.20. The molecule has 6 heteroatoms. The number of nitrogens with zero attached hydrogens (tertiary/aromatic N) is 1. The van der Waals surface area contributed by atoms with Crippen LogP contribution < -0.4 is 5.32 Å². The number of carbonyl (C=O) groups excluding carboxylic acids is 1. The monoisotopic (exact) mass is 284 g/mol. The minimum absolute atomic E-state index is 0.276. The van der Waals surface area contributed by atoms with E-state index >= 15 is 0 Å². The number of morpholine rings is 1. The zero-order valence-electron chi connectivity index (χ0n) is 9.69. The number of halogens is 1. The molecule has 1 N–H and O–H groups in total. The SMILES string of the molecule is O=C(Nc1ccccc1Cl)C(=S)N1CCOCC1. The lowest BCUT2D eigenvalue weighted by molar-refractivity contribution is -0.111. The summed E-state index contributed by atoms with van der Waals surface area (Å²) in [6, 6.07) is 7.06. The topological polar surface area (TPSA) is 41.6 Å². The van der Waals surface area contributed by atoms with Crippen molar-refractivity contribution in [2.24, 2.45) is 0 Å². The number of benzene rings is 1. The maximum absolute atomic E-state index is 12.0. The number of anilines is 1. The smallest absolute Gasteiger partial charge is 0.283 e. The van der Waals surface area contributed by atoms with Crippen molar-refractivity contribution in [1.29, 1.82) is 0 Å². The Labute approximate surface area is 116 Å². The predicted octanol–water partition coefficient (Wildman–Crippen LogP) is 1.94. The number of nitrogens with one attached hydrogen (secondary N) is 1. The van der Waals surface area contributed by atoms with E-state index in [0.717, 1.165) is 0 Å². The molecule has 0 bridgehead atoms. The van der Waals surface area contributed by atoms with Crippen LogP contribution in [-0.2, 0) is 9.53 Å². The molecule has 1 fully saturated rings. The van der Waals surface area contributed by atoms with E-state index in [-0.39, 0.29) is 10.9 Å². The second kappa shape index (κ2) is 6.13. The van der Waals surface area contributed by atoms with Crippen LogP contribution >= 0.6 is 23.8 Å². The van der Waals surface area contributed by atoms with Gasteiger partial charge in [-0.15, -0.1) is 0 Å². The van der Waals surface area contributed by atoms with Gasteiger partial charge in [0, 0.05) is 13.1 Å². The standard InChI is InChI=1S/C12H13ClN2O2S/c13-9-3-1-2-4-10(9)14-11(16)12(18)15-5-7-17-8-6-15/h1-4H,5-8H2,(H,14,16). The van der Waals surface area contributed by atoms with Gasteiger partial charge >= 0.3 is 0 Å². The Morgan fingerprint density at radius 2 is 2.00 bits per heavy atom. The van der Waals surface area contributed by atoms with E-state index < -0.39 is 0 Å². The molecular formula is C12H13ClN2O2S. The molecule has 1 aliphatic rings. The van der Waals surface area contributed by atoms with Gasteiger partial charge in [0.05, 0.1) is 23.9 Å². The van der Waals surface area contributed by atoms with Crippen molar-refractivity contribution in [3.05, 3.63) is 29.3 Å². The summed E-state index contributed by atoms with van der Waals surface area (Å²) in [4.78, 5) is 14.1. The summed E-state index contributed by atoms with van der Waals surface area (Å²) in [5.41, 5.74) is 0.569. The molecule has 0 atom stereocenters. The van der Waals surface area contributed by atoms with Crippen LogP contribution in [0.1, 0.15) is 0 Å². The molecule has 0 saturated carbocycles. The zero-order valence-corrected chi connectivity index (χ0v) is 11.3. The van der Waals surface area contributed by atoms with Crippen molar-refractivity contribution in [2.45, 2.75) is 0 Å². The first-order valence-electron chi connectivity index (χ1n) is 5.61. The molecule has 1 amide bonds. The minimum atomic E-state index is -0.306. The van der Waals surface area contributed by atoms with Crippen LogP contribution in [0.4, 0.5) is 5.69 Å². The third kappa shape index (κ3) is 3.19. The van der Waals surface area contributed by atoms with Crippen molar-refractivity contribution in [3.63, 3.8) is 0 Å². The maximum Gasteiger partial charge on any atom is 0.283 e. The Kier molecular flexibility index (Phi) is 4.52. The fourth-order valence-corrected chi connectivity index (χ4v) is 2.06. The Balaban J connectivity index is 1.99. The first-order valence-corrected chi connectivity index (χ1v) is 6.39. The maximum atomic E-state index is 12.0. The van der Waals surface area contributed by atoms with E-state index in [4.69, 9.17) is 28.6 Å². The quantitative estimate of drug-likeness (QED) is 0.800. The predicted molar refractivity (Wildman–Crippen MR) is 75.1 cm³/mol. The highest BCUT2D eigenvalue weighted by Crippen LogP contribution is 2.20. The summed E-state index contributed by atoms with van der Waals surface area (Å²) < 4.78 is 5.21. The number of carbonyl (C=O) groups is 1. The molecule has 0 spiro atoms. The molecule has 18 heavy (non-hydrogen) atoms. The van der Waals surface area contributed by atoms with Crippen LogP contribution in [0.3, 0.4) is 0 Å². The fourth-order valence-electron chi connectivity index (χ4n) is 1.65. The van der Waals surface area contributed by atoms with E-state index in [1.54, 1.807) is 24.3 Å². The van der Waals surface area contributed by atoms with Gasteiger partial charge in [-0.25, -0.2) is 0 Å². The Morgan fingerprint density at radius 1 is 1.33 bits per heavy atom. The number of rotatable bonds is 1. The average Bonchev–Trinajstić information content (AvgIpc) is 2.41. The second-order valence-electron chi connectivity index (χ2n) is 3.84. The number of thiocarbonyl (C=S) groups is 1. The van der Waals surface area contributed by atoms with Gasteiger partial charge in [-0.05, 0) is 12.1 Å². The average molecular weight is 285 g/mol. The second-order valence-corrected chi connectivity index (χ2v) is 4.63. The summed E-state index contributed by atoms with van der Waals surface area (Å²) in [5, 5.41) is 3.21. The number of hydrogen-bond donors (Lipinski definition) is 1. The normalized spacial score (nSPS) is 15.3. The summed E-state index contributed by atoms with van der Waals surface area (Å²) in [6.07, 6.45) is 0. The largest absolute Gasteiger partial charge is 0.378 e. The molecule has 1 saturated heterocycles. The van der Waals surface area contributed by atoms with E-state index in [2.05, 4.69) is 5.32 Å². The molecule has 0 radical (unpaired) electrons. The zero-order chi connectivity index (χ0) is 13.0. The van der Waals surface area contributed by atoms with Gasteiger partial charge in [-0.1, -0.05) is 36.0 Å². The van der Waals surface area contributed by atoms with Gasteiger partial charge in [0.1, 0.15) is 0 Å². The van der Waals surface area contributed by atoms with Gasteiger partial charge in [0.25, 0.3) is 5.91 Å². The molecule has 1 aromatic rings. The third-order valence-corrected chi connectivity index (χ3v) is 3.39. The lowest BCUT2D eigenvalue weighted by Gasteiger charge is -2.28. The van der Waals surface area contributed by atoms with E-state index in [9.17, 15) is 4.79 Å². The molecule has 2 rings (SSSR count). The molecule has 0 aromatic heterocycles. The van der Waals surface area contributed by atoms with Crippen molar-refractivity contribution in [1.82, 2.24) is 4.90 Å². The van der Waals surface area contributed by atoms with E-state index in [0.29, 0.717) is 37.0 Å². The number of hydrogen-bond acceptors (Lipinski definition) is 3. The van der Waals surface area contributed by atoms with Crippen LogP contribution in [0.25, 0.3) is 0 Å². The van der Waals surface area contributed by atoms with Crippen LogP contribution in [0, 0.1) is 0 Å². The molecule has 4 nitrogen and oxygen atoms in total. The van der Waals surface area contributed by atoms with Gasteiger partial charge in [0.15, 0.2) is 4.99 Å². The summed E-state index contributed by atoms with van der Waals surface area (Å²) in [5.74, 6) is -0.306. The van der Waals surface area contributed by atoms with Gasteiger partial charge in [-0.3, -0.25) is 4.79 Å². The van der Waals surface area contributed by atoms with Gasteiger partial charge < -0.3 is 15.0 Å². The number of amides is 1. The minimum Gasteiger partial charge on any atom is -0.378 e. The summed E-state index contributed by atoms with van der Waals surface area (Å²) in [6.45, 7) is 2.49. The van der Waals surface area contributed by atoms with Crippen molar-refractivity contribution < 1.29 is 9.53 Å². The van der Waals surface area contributed by atoms with Gasteiger partial charge in [0.2, 0.25) is 0 Å². The lowest BCUT2D eigenvalue weighted by Crippen LogP contribution is -2.44. The van der Waals surface area contributed by atoms with Crippen molar-refractivity contribution in [3.8, 4) is 0 Å². The fraction of sp³-hybridized carbons (Fsp3) is 0.333. The van der Waals surface area contributed by atoms with Crippen molar-refractivity contribution in [2.75, 3.05) is 31.6 Å². The molecule has 1 aromatic carbocycles. The molecule has 96 valence electrons. The van der Waals surface area contributed by atoms with Crippen LogP contribution in [-0.4, -0.2) is 42.1 Å². The Hall–Kier alpha value is -1.17. The molecule has 1 aliphatic heterocycles. The van der Waals surface area contributed by atoms with Gasteiger partial charge in [-0.2, -0.15) is 0 Å². The van der Waals surface area contributed by atoms with E-state index in [1.807, 2.05) is 4.90 Å². The highest BCUT2D eigenvalue weighted by atomic mass is 35.5. The number of ether oxygens (including phenoxy) is 1. The van der Waals surface area contributed by atoms with E-state index in [1.165, 1.54) is 0 Å². The first-order chi connectivity index (χ1) is 8.68. The highest BCUT2D eigenvalue weighted by molar-refractivity contribution is 7.82. The Morgan fingerprint density at radius 3 is 2.67 bits per heavy atom. The molecular weight excluding hydrogens is 272 g/mol. The van der Waals surface area contributed by atoms with Crippen LogP contribution in [0.15, 0.2) is 24.3 Å². The lowest BCUT2D eigenvalue weighted by atomic mass is 10.3. The summed E-state index contributed by atoms with van der Waals surface area (Å²) >= 11 is 11.1. The molecule has 0 aliphatic carbocycles. The number of para-hydroxylation sites is 1. The van der Waals surface area contributed by atoms with Crippen LogP contribution in [0.5, 0.6) is 0 Å². The summed E-state index contributed by atoms with van der Waals surface area (Å²) in [7, 11) is 0. The van der Waals surface area contributed by atoms with Crippen molar-refractivity contribution >= 4 is 40.4 Å². The molecule has 1 heterocycles. The molecule has 0 unspecified atom stereocenters. The van der Waals surface area contributed by atoms with Crippen LogP contribution in [0.2, 0.25) is 5.02 Å².